The van der Waals surface area contributed by atoms with Crippen molar-refractivity contribution in [2.45, 2.75) is 45.6 Å². The molecular formula is C34H46N6. The fourth-order valence-corrected chi connectivity index (χ4v) is 4.91. The summed E-state index contributed by atoms with van der Waals surface area (Å²) in [5, 5.41) is 11.0. The molecule has 3 aromatic rings. The molecule has 5 rings (SSSR count). The molecule has 6 heteroatoms. The Hall–Kier alpha value is -3.77. The Morgan fingerprint density at radius 1 is 1.07 bits per heavy atom. The van der Waals surface area contributed by atoms with Gasteiger partial charge < -0.3 is 25.8 Å². The molecule has 0 radical (unpaired) electrons. The molecule has 2 aromatic carbocycles. The Morgan fingerprint density at radius 2 is 1.88 bits per heavy atom. The van der Waals surface area contributed by atoms with E-state index in [9.17, 15) is 0 Å². The van der Waals surface area contributed by atoms with Gasteiger partial charge in [0.25, 0.3) is 0 Å². The minimum Gasteiger partial charge on any atom is -0.385 e. The molecule has 1 aromatic heterocycles. The number of fused-ring (bicyclic) bond motifs is 1. The third-order valence-electron chi connectivity index (χ3n) is 7.24. The minimum absolute atomic E-state index is 0.0494. The highest BCUT2D eigenvalue weighted by Crippen LogP contribution is 2.36. The van der Waals surface area contributed by atoms with Crippen molar-refractivity contribution in [1.82, 2.24) is 15.2 Å². The first-order valence-electron chi connectivity index (χ1n) is 14.8. The van der Waals surface area contributed by atoms with Crippen molar-refractivity contribution in [2.24, 2.45) is 0 Å². The van der Waals surface area contributed by atoms with Crippen LogP contribution >= 0.6 is 0 Å². The van der Waals surface area contributed by atoms with Crippen LogP contribution < -0.4 is 20.9 Å². The monoisotopic (exact) mass is 538 g/mol. The zero-order valence-corrected chi connectivity index (χ0v) is 24.7. The quantitative estimate of drug-likeness (QED) is 0.218. The van der Waals surface area contributed by atoms with Crippen LogP contribution in [0.5, 0.6) is 0 Å². The maximum absolute atomic E-state index is 4.76. The van der Waals surface area contributed by atoms with E-state index < -0.39 is 0 Å². The minimum atomic E-state index is 0.0494. The van der Waals surface area contributed by atoms with Crippen LogP contribution in [-0.2, 0) is 6.42 Å². The van der Waals surface area contributed by atoms with Gasteiger partial charge in [-0.3, -0.25) is 0 Å². The molecular weight excluding hydrogens is 492 g/mol. The van der Waals surface area contributed by atoms with E-state index in [0.29, 0.717) is 0 Å². The molecule has 0 spiro atoms. The number of hydrogen-bond donors (Lipinski definition) is 3. The van der Waals surface area contributed by atoms with Gasteiger partial charge in [0, 0.05) is 54.2 Å². The number of anilines is 3. The second-order valence-electron chi connectivity index (χ2n) is 10.6. The molecule has 1 saturated heterocycles. The van der Waals surface area contributed by atoms with Crippen molar-refractivity contribution in [3.8, 4) is 0 Å². The highest BCUT2D eigenvalue weighted by molar-refractivity contribution is 5.82. The molecule has 40 heavy (non-hydrogen) atoms. The van der Waals surface area contributed by atoms with Gasteiger partial charge in [0.15, 0.2) is 0 Å². The van der Waals surface area contributed by atoms with E-state index in [1.807, 2.05) is 20.0 Å². The van der Waals surface area contributed by atoms with Crippen LogP contribution in [0.1, 0.15) is 55.8 Å². The summed E-state index contributed by atoms with van der Waals surface area (Å²) in [6, 6.07) is 21.5. The second kappa shape index (κ2) is 14.6. The summed E-state index contributed by atoms with van der Waals surface area (Å²) in [6.07, 6.45) is 8.52. The summed E-state index contributed by atoms with van der Waals surface area (Å²) in [4.78, 5) is 9.31. The molecule has 0 aliphatic carbocycles. The number of aryl methyl sites for hydroxylation is 1. The predicted molar refractivity (Wildman–Crippen MR) is 172 cm³/mol. The standard InChI is InChI=1S/C32H40N6.C2H6/c1-24(11-12-25-9-5-4-6-10-25)35-27-14-15-28-30(33-17-7-18-37(2)3)22-29(36-31(28)21-27)26-13-16-32(34-23-26)38-19-8-20-38;1-2/h4-6,9-10,13-16,21-23,29,33,35-36H,1,7-8,11-12,17-20H2,2-3H3;1-2H3. The Bertz CT molecular complexity index is 1250. The Labute approximate surface area is 241 Å². The topological polar surface area (TPSA) is 55.5 Å². The lowest BCUT2D eigenvalue weighted by Gasteiger charge is -2.32. The second-order valence-corrected chi connectivity index (χ2v) is 10.6. The van der Waals surface area contributed by atoms with Crippen molar-refractivity contribution >= 4 is 22.9 Å². The maximum atomic E-state index is 4.76. The molecule has 0 bridgehead atoms. The van der Waals surface area contributed by atoms with Crippen molar-refractivity contribution in [1.29, 1.82) is 0 Å². The molecule has 1 unspecified atom stereocenters. The zero-order valence-electron chi connectivity index (χ0n) is 24.7. The summed E-state index contributed by atoms with van der Waals surface area (Å²) in [5.74, 6) is 1.07. The van der Waals surface area contributed by atoms with Crippen molar-refractivity contribution in [2.75, 3.05) is 55.8 Å². The first-order valence-corrected chi connectivity index (χ1v) is 14.8. The predicted octanol–water partition coefficient (Wildman–Crippen LogP) is 6.93. The fraction of sp³-hybridized carbons (Fsp3) is 0.382. The number of aromatic nitrogens is 1. The Morgan fingerprint density at radius 3 is 2.55 bits per heavy atom. The highest BCUT2D eigenvalue weighted by Gasteiger charge is 2.22. The molecule has 3 heterocycles. The third-order valence-corrected chi connectivity index (χ3v) is 7.24. The van der Waals surface area contributed by atoms with Crippen LogP contribution in [0, 0.1) is 0 Å². The van der Waals surface area contributed by atoms with Gasteiger partial charge in [-0.05, 0) is 87.8 Å². The van der Waals surface area contributed by atoms with Gasteiger partial charge in [-0.2, -0.15) is 0 Å². The van der Waals surface area contributed by atoms with Crippen LogP contribution in [0.3, 0.4) is 0 Å². The van der Waals surface area contributed by atoms with Gasteiger partial charge in [0.1, 0.15) is 5.82 Å². The van der Waals surface area contributed by atoms with Crippen molar-refractivity contribution in [3.63, 3.8) is 0 Å². The average molecular weight is 539 g/mol. The normalized spacial score (nSPS) is 15.6. The van der Waals surface area contributed by atoms with E-state index in [4.69, 9.17) is 4.98 Å². The lowest BCUT2D eigenvalue weighted by molar-refractivity contribution is 0.399. The zero-order chi connectivity index (χ0) is 28.3. The van der Waals surface area contributed by atoms with E-state index in [2.05, 4.69) is 113 Å². The van der Waals surface area contributed by atoms with Gasteiger partial charge in [-0.15, -0.1) is 0 Å². The molecule has 2 aliphatic heterocycles. The molecule has 0 amide bonds. The third kappa shape index (κ3) is 7.89. The van der Waals surface area contributed by atoms with Crippen LogP contribution in [0.15, 0.2) is 85.2 Å². The smallest absolute Gasteiger partial charge is 0.128 e. The number of pyridine rings is 1. The number of hydrogen-bond acceptors (Lipinski definition) is 6. The number of nitrogens with zero attached hydrogens (tertiary/aromatic N) is 3. The van der Waals surface area contributed by atoms with Crippen molar-refractivity contribution in [3.05, 3.63) is 102 Å². The lowest BCUT2D eigenvalue weighted by Crippen LogP contribution is -2.37. The summed E-state index contributed by atoms with van der Waals surface area (Å²) in [5.41, 5.74) is 8.03. The van der Waals surface area contributed by atoms with E-state index in [0.717, 1.165) is 73.9 Å². The van der Waals surface area contributed by atoms with E-state index in [1.165, 1.54) is 23.2 Å². The number of benzene rings is 2. The molecule has 2 aliphatic rings. The molecule has 6 nitrogen and oxygen atoms in total. The van der Waals surface area contributed by atoms with E-state index in [1.54, 1.807) is 0 Å². The molecule has 3 N–H and O–H groups in total. The lowest BCUT2D eigenvalue weighted by atomic mass is 9.97. The van der Waals surface area contributed by atoms with Crippen LogP contribution in [0.4, 0.5) is 17.2 Å². The average Bonchev–Trinajstić information content (AvgIpc) is 2.95. The maximum Gasteiger partial charge on any atom is 0.128 e. The number of allylic oxidation sites excluding steroid dienone is 1. The number of rotatable bonds is 12. The van der Waals surface area contributed by atoms with Crippen LogP contribution in [-0.4, -0.2) is 50.2 Å². The molecule has 1 fully saturated rings. The largest absolute Gasteiger partial charge is 0.385 e. The Balaban J connectivity index is 0.00000181. The highest BCUT2D eigenvalue weighted by atomic mass is 15.2. The number of nitrogens with one attached hydrogen (secondary N) is 3. The van der Waals surface area contributed by atoms with Crippen molar-refractivity contribution < 1.29 is 0 Å². The summed E-state index contributed by atoms with van der Waals surface area (Å²) >= 11 is 0. The van der Waals surface area contributed by atoms with Gasteiger partial charge in [0.05, 0.1) is 6.04 Å². The van der Waals surface area contributed by atoms with Gasteiger partial charge >= 0.3 is 0 Å². The van der Waals surface area contributed by atoms with E-state index >= 15 is 0 Å². The fourth-order valence-electron chi connectivity index (χ4n) is 4.91. The summed E-state index contributed by atoms with van der Waals surface area (Å²) in [7, 11) is 4.24. The Kier molecular flexibility index (Phi) is 10.6. The summed E-state index contributed by atoms with van der Waals surface area (Å²) in [6.45, 7) is 12.5. The van der Waals surface area contributed by atoms with Gasteiger partial charge in [-0.25, -0.2) is 4.98 Å². The summed E-state index contributed by atoms with van der Waals surface area (Å²) < 4.78 is 0. The first kappa shape index (κ1) is 29.2. The first-order chi connectivity index (χ1) is 19.5. The van der Waals surface area contributed by atoms with E-state index in [-0.39, 0.29) is 6.04 Å². The molecule has 0 saturated carbocycles. The SMILES string of the molecule is C=C(CCc1ccccc1)Nc1ccc2c(c1)NC(c1ccc(N3CCC3)nc1)C=C2NCCCN(C)C.CC. The van der Waals surface area contributed by atoms with Gasteiger partial charge in [0.2, 0.25) is 0 Å². The molecule has 1 atom stereocenters. The van der Waals surface area contributed by atoms with Crippen LogP contribution in [0.2, 0.25) is 0 Å². The van der Waals surface area contributed by atoms with Crippen LogP contribution in [0.25, 0.3) is 5.70 Å². The van der Waals surface area contributed by atoms with Gasteiger partial charge in [-0.1, -0.05) is 56.8 Å². The molecule has 212 valence electrons.